The molecule has 1 rings (SSSR count). The van der Waals surface area contributed by atoms with Gasteiger partial charge in [0.15, 0.2) is 0 Å². The summed E-state index contributed by atoms with van der Waals surface area (Å²) >= 11 is 0. The maximum atomic E-state index is 11.2. The van der Waals surface area contributed by atoms with Crippen molar-refractivity contribution in [1.29, 1.82) is 0 Å². The van der Waals surface area contributed by atoms with Gasteiger partial charge in [0.25, 0.3) is 0 Å². The van der Waals surface area contributed by atoms with Crippen molar-refractivity contribution < 1.29 is 14.3 Å². The summed E-state index contributed by atoms with van der Waals surface area (Å²) in [6, 6.07) is 4.69. The first-order valence-corrected chi connectivity index (χ1v) is 4.83. The maximum Gasteiger partial charge on any atom is 0.337 e. The van der Waals surface area contributed by atoms with Crippen LogP contribution in [0, 0.1) is 0 Å². The van der Waals surface area contributed by atoms with E-state index in [4.69, 9.17) is 5.73 Å². The van der Waals surface area contributed by atoms with Crippen molar-refractivity contribution in [3.05, 3.63) is 23.8 Å². The number of amides is 1. The first-order chi connectivity index (χ1) is 7.63. The zero-order chi connectivity index (χ0) is 12.1. The van der Waals surface area contributed by atoms with Gasteiger partial charge in [-0.25, -0.2) is 4.79 Å². The first-order valence-electron chi connectivity index (χ1n) is 4.83. The number of carbonyl (C=O) groups is 2. The second-order valence-electron chi connectivity index (χ2n) is 3.16. The van der Waals surface area contributed by atoms with Crippen LogP contribution in [0.15, 0.2) is 18.2 Å². The van der Waals surface area contributed by atoms with E-state index in [-0.39, 0.29) is 0 Å². The highest BCUT2D eigenvalue weighted by Gasteiger charge is 2.11. The molecular formula is C11H14N2O3. The van der Waals surface area contributed by atoms with Crippen molar-refractivity contribution in [3.63, 3.8) is 0 Å². The number of rotatable bonds is 4. The van der Waals surface area contributed by atoms with Crippen LogP contribution in [-0.2, 0) is 9.53 Å². The van der Waals surface area contributed by atoms with Crippen LogP contribution in [0.2, 0.25) is 0 Å². The molecule has 0 spiro atoms. The average molecular weight is 222 g/mol. The van der Waals surface area contributed by atoms with E-state index in [1.54, 1.807) is 12.1 Å². The highest BCUT2D eigenvalue weighted by molar-refractivity contribution is 5.93. The molecule has 5 heteroatoms. The van der Waals surface area contributed by atoms with Crippen molar-refractivity contribution in [1.82, 2.24) is 0 Å². The lowest BCUT2D eigenvalue weighted by molar-refractivity contribution is -0.107. The summed E-state index contributed by atoms with van der Waals surface area (Å²) in [6.07, 6.45) is 0.698. The number of nitrogens with zero attached hydrogens (tertiary/aromatic N) is 1. The fourth-order valence-corrected chi connectivity index (χ4v) is 1.36. The van der Waals surface area contributed by atoms with Crippen molar-refractivity contribution in [2.75, 3.05) is 24.3 Å². The molecule has 0 aliphatic carbocycles. The molecular weight excluding hydrogens is 208 g/mol. The minimum atomic E-state index is -0.451. The van der Waals surface area contributed by atoms with Crippen LogP contribution in [-0.4, -0.2) is 26.0 Å². The van der Waals surface area contributed by atoms with Gasteiger partial charge >= 0.3 is 5.97 Å². The molecule has 1 amide bonds. The van der Waals surface area contributed by atoms with Gasteiger partial charge in [0.05, 0.1) is 24.0 Å². The molecule has 5 nitrogen and oxygen atoms in total. The van der Waals surface area contributed by atoms with Crippen molar-refractivity contribution in [3.8, 4) is 0 Å². The number of benzene rings is 1. The van der Waals surface area contributed by atoms with Crippen molar-refractivity contribution in [2.24, 2.45) is 0 Å². The number of anilines is 2. The Morgan fingerprint density at radius 2 is 2.25 bits per heavy atom. The highest BCUT2D eigenvalue weighted by Crippen LogP contribution is 2.23. The molecule has 16 heavy (non-hydrogen) atoms. The lowest BCUT2D eigenvalue weighted by Crippen LogP contribution is -2.21. The van der Waals surface area contributed by atoms with E-state index < -0.39 is 5.97 Å². The SMILES string of the molecule is CCN(C=O)c1ccc(C(=O)OC)cc1N. The molecule has 0 atom stereocenters. The molecule has 0 heterocycles. The minimum absolute atomic E-state index is 0.366. The smallest absolute Gasteiger partial charge is 0.337 e. The van der Waals surface area contributed by atoms with Crippen molar-refractivity contribution in [2.45, 2.75) is 6.92 Å². The third-order valence-corrected chi connectivity index (χ3v) is 2.23. The molecule has 2 N–H and O–H groups in total. The number of nitrogen functional groups attached to an aromatic ring is 1. The van der Waals surface area contributed by atoms with Gasteiger partial charge in [0.1, 0.15) is 0 Å². The Bertz CT molecular complexity index is 404. The predicted molar refractivity (Wildman–Crippen MR) is 61.3 cm³/mol. The predicted octanol–water partition coefficient (Wildman–Crippen LogP) is 1.04. The van der Waals surface area contributed by atoms with E-state index in [0.717, 1.165) is 0 Å². The van der Waals surface area contributed by atoms with E-state index in [2.05, 4.69) is 4.74 Å². The molecule has 86 valence electrons. The zero-order valence-corrected chi connectivity index (χ0v) is 9.27. The molecule has 0 radical (unpaired) electrons. The fourth-order valence-electron chi connectivity index (χ4n) is 1.36. The largest absolute Gasteiger partial charge is 0.465 e. The molecule has 0 aliphatic heterocycles. The van der Waals surface area contributed by atoms with Crippen LogP contribution in [0.4, 0.5) is 11.4 Å². The number of esters is 1. The zero-order valence-electron chi connectivity index (χ0n) is 9.27. The second kappa shape index (κ2) is 5.16. The summed E-state index contributed by atoms with van der Waals surface area (Å²) in [5, 5.41) is 0. The Morgan fingerprint density at radius 1 is 1.56 bits per heavy atom. The Labute approximate surface area is 93.8 Å². The number of nitrogens with two attached hydrogens (primary N) is 1. The molecule has 0 aliphatic rings. The van der Waals surface area contributed by atoms with Crippen LogP contribution in [0.3, 0.4) is 0 Å². The average Bonchev–Trinajstić information content (AvgIpc) is 2.31. The van der Waals surface area contributed by atoms with Gasteiger partial charge in [-0.3, -0.25) is 4.79 Å². The standard InChI is InChI=1S/C11H14N2O3/c1-3-13(7-14)10-5-4-8(6-9(10)12)11(15)16-2/h4-7H,3,12H2,1-2H3. The van der Waals surface area contributed by atoms with Gasteiger partial charge in [0, 0.05) is 6.54 Å². The van der Waals surface area contributed by atoms with Gasteiger partial charge in [-0.05, 0) is 25.1 Å². The molecule has 1 aromatic carbocycles. The lowest BCUT2D eigenvalue weighted by Gasteiger charge is -2.17. The van der Waals surface area contributed by atoms with Crippen LogP contribution in [0.25, 0.3) is 0 Å². The summed E-state index contributed by atoms with van der Waals surface area (Å²) < 4.78 is 4.57. The first kappa shape index (κ1) is 12.0. The summed E-state index contributed by atoms with van der Waals surface area (Å²) in [5.74, 6) is -0.451. The third kappa shape index (κ3) is 2.31. The number of hydrogen-bond acceptors (Lipinski definition) is 4. The molecule has 0 bridgehead atoms. The number of hydrogen-bond donors (Lipinski definition) is 1. The molecule has 0 saturated carbocycles. The lowest BCUT2D eigenvalue weighted by atomic mass is 10.1. The van der Waals surface area contributed by atoms with E-state index >= 15 is 0 Å². The van der Waals surface area contributed by atoms with Crippen LogP contribution in [0.1, 0.15) is 17.3 Å². The topological polar surface area (TPSA) is 72.6 Å². The Balaban J connectivity index is 3.08. The maximum absolute atomic E-state index is 11.2. The Hall–Kier alpha value is -2.04. The van der Waals surface area contributed by atoms with Crippen LogP contribution < -0.4 is 10.6 Å². The quantitative estimate of drug-likeness (QED) is 0.469. The normalized spacial score (nSPS) is 9.62. The monoisotopic (exact) mass is 222 g/mol. The van der Waals surface area contributed by atoms with Crippen LogP contribution in [0.5, 0.6) is 0 Å². The van der Waals surface area contributed by atoms with Gasteiger partial charge in [-0.15, -0.1) is 0 Å². The Morgan fingerprint density at radius 3 is 2.69 bits per heavy atom. The molecule has 0 aromatic heterocycles. The molecule has 0 saturated heterocycles. The Kier molecular flexibility index (Phi) is 3.88. The summed E-state index contributed by atoms with van der Waals surface area (Å²) in [7, 11) is 1.30. The number of methoxy groups -OCH3 is 1. The second-order valence-corrected chi connectivity index (χ2v) is 3.16. The summed E-state index contributed by atoms with van der Waals surface area (Å²) in [6.45, 7) is 2.35. The number of ether oxygens (including phenoxy) is 1. The van der Waals surface area contributed by atoms with E-state index in [1.807, 2.05) is 6.92 Å². The molecule has 0 fully saturated rings. The van der Waals surface area contributed by atoms with Crippen molar-refractivity contribution >= 4 is 23.8 Å². The van der Waals surface area contributed by atoms with Gasteiger partial charge < -0.3 is 15.4 Å². The van der Waals surface area contributed by atoms with E-state index in [0.29, 0.717) is 29.9 Å². The van der Waals surface area contributed by atoms with Gasteiger partial charge in [-0.2, -0.15) is 0 Å². The van der Waals surface area contributed by atoms with Crippen LogP contribution >= 0.6 is 0 Å². The van der Waals surface area contributed by atoms with Gasteiger partial charge in [0.2, 0.25) is 6.41 Å². The number of carbonyl (C=O) groups excluding carboxylic acids is 2. The third-order valence-electron chi connectivity index (χ3n) is 2.23. The summed E-state index contributed by atoms with van der Waals surface area (Å²) in [4.78, 5) is 23.4. The summed E-state index contributed by atoms with van der Waals surface area (Å²) in [5.41, 5.74) is 7.08. The molecule has 0 unspecified atom stereocenters. The minimum Gasteiger partial charge on any atom is -0.465 e. The van der Waals surface area contributed by atoms with E-state index in [9.17, 15) is 9.59 Å². The highest BCUT2D eigenvalue weighted by atomic mass is 16.5. The molecule has 1 aromatic rings. The van der Waals surface area contributed by atoms with Gasteiger partial charge in [-0.1, -0.05) is 0 Å². The fraction of sp³-hybridized carbons (Fsp3) is 0.273. The van der Waals surface area contributed by atoms with E-state index in [1.165, 1.54) is 18.1 Å².